The lowest BCUT2D eigenvalue weighted by molar-refractivity contribution is 0.352. The number of aromatic nitrogens is 3. The summed E-state index contributed by atoms with van der Waals surface area (Å²) < 4.78 is 11.6. The lowest BCUT2D eigenvalue weighted by atomic mass is 10.1. The zero-order chi connectivity index (χ0) is 15.4. The van der Waals surface area contributed by atoms with Crippen LogP contribution in [-0.2, 0) is 6.42 Å². The van der Waals surface area contributed by atoms with Crippen molar-refractivity contribution in [1.82, 2.24) is 14.9 Å². The van der Waals surface area contributed by atoms with E-state index in [2.05, 4.69) is 10.2 Å². The highest BCUT2D eigenvalue weighted by Crippen LogP contribution is 2.31. The van der Waals surface area contributed by atoms with Gasteiger partial charge >= 0.3 is 0 Å². The summed E-state index contributed by atoms with van der Waals surface area (Å²) in [6.07, 6.45) is 2.04. The first-order chi connectivity index (χ1) is 10.1. The molecule has 1 aromatic heterocycles. The Morgan fingerprint density at radius 3 is 2.67 bits per heavy atom. The van der Waals surface area contributed by atoms with Gasteiger partial charge in [-0.3, -0.25) is 4.79 Å². The average Bonchev–Trinajstić information content (AvgIpc) is 2.51. The minimum atomic E-state index is -0.376. The molecule has 1 aromatic carbocycles. The average molecular weight is 308 g/mol. The molecule has 1 heterocycles. The lowest BCUT2D eigenvalue weighted by Crippen LogP contribution is -2.33. The van der Waals surface area contributed by atoms with Crippen LogP contribution in [-0.4, -0.2) is 35.3 Å². The molecule has 0 saturated carbocycles. The first-order valence-corrected chi connectivity index (χ1v) is 7.32. The highest BCUT2D eigenvalue weighted by Gasteiger charge is 2.15. The van der Waals surface area contributed by atoms with E-state index >= 15 is 0 Å². The van der Waals surface area contributed by atoms with Crippen molar-refractivity contribution in [1.29, 1.82) is 0 Å². The maximum Gasteiger partial charge on any atom is 0.294 e. The van der Waals surface area contributed by atoms with E-state index in [1.807, 2.05) is 12.1 Å². The zero-order valence-corrected chi connectivity index (χ0v) is 12.8. The van der Waals surface area contributed by atoms with E-state index in [9.17, 15) is 4.79 Å². The van der Waals surface area contributed by atoms with Crippen LogP contribution < -0.4 is 20.9 Å². The predicted molar refractivity (Wildman–Crippen MR) is 80.6 cm³/mol. The molecule has 21 heavy (non-hydrogen) atoms. The topological polar surface area (TPSA) is 92.3 Å². The van der Waals surface area contributed by atoms with Crippen molar-refractivity contribution < 1.29 is 9.47 Å². The quantitative estimate of drug-likeness (QED) is 0.641. The fourth-order valence-electron chi connectivity index (χ4n) is 1.94. The van der Waals surface area contributed by atoms with Crippen molar-refractivity contribution in [3.8, 4) is 11.5 Å². The monoisotopic (exact) mass is 308 g/mol. The number of nitrogen functional groups attached to an aromatic ring is 1. The number of para-hydroxylation sites is 1. The predicted octanol–water partition coefficient (Wildman–Crippen LogP) is 0.682. The Bertz CT molecular complexity index is 702. The Morgan fingerprint density at radius 2 is 2.05 bits per heavy atom. The van der Waals surface area contributed by atoms with Crippen LogP contribution in [0.1, 0.15) is 11.3 Å². The Labute approximate surface area is 126 Å². The van der Waals surface area contributed by atoms with Crippen molar-refractivity contribution >= 4 is 11.8 Å². The molecule has 0 atom stereocenters. The second kappa shape index (κ2) is 6.49. The molecular weight excluding hydrogens is 292 g/mol. The SMILES string of the molecule is COc1cccc(Cc2nnc(SC)n(N)c2=O)c1OC. The molecule has 0 saturated heterocycles. The summed E-state index contributed by atoms with van der Waals surface area (Å²) in [6.45, 7) is 0. The van der Waals surface area contributed by atoms with Gasteiger partial charge in [0.05, 0.1) is 14.2 Å². The van der Waals surface area contributed by atoms with Crippen LogP contribution in [0.15, 0.2) is 28.2 Å². The van der Waals surface area contributed by atoms with Gasteiger partial charge in [0.15, 0.2) is 11.5 Å². The zero-order valence-electron chi connectivity index (χ0n) is 12.0. The van der Waals surface area contributed by atoms with Gasteiger partial charge < -0.3 is 15.3 Å². The van der Waals surface area contributed by atoms with Crippen molar-refractivity contribution in [3.05, 3.63) is 39.8 Å². The van der Waals surface area contributed by atoms with Crippen LogP contribution in [0.3, 0.4) is 0 Å². The van der Waals surface area contributed by atoms with Crippen LogP contribution >= 0.6 is 11.8 Å². The first-order valence-electron chi connectivity index (χ1n) is 6.09. The second-order valence-electron chi connectivity index (χ2n) is 4.14. The standard InChI is InChI=1S/C13H16N4O3S/c1-19-10-6-4-5-8(11(10)20-2)7-9-12(18)17(14)13(21-3)16-15-9/h4-6H,7,14H2,1-3H3. The third-order valence-electron chi connectivity index (χ3n) is 2.95. The largest absolute Gasteiger partial charge is 0.493 e. The minimum Gasteiger partial charge on any atom is -0.493 e. The summed E-state index contributed by atoms with van der Waals surface area (Å²) in [5, 5.41) is 8.25. The van der Waals surface area contributed by atoms with Gasteiger partial charge in [-0.2, -0.15) is 4.68 Å². The smallest absolute Gasteiger partial charge is 0.294 e. The lowest BCUT2D eigenvalue weighted by Gasteiger charge is -2.12. The molecule has 0 aliphatic rings. The molecule has 2 rings (SSSR count). The van der Waals surface area contributed by atoms with Crippen molar-refractivity contribution in [2.24, 2.45) is 0 Å². The Morgan fingerprint density at radius 1 is 1.29 bits per heavy atom. The summed E-state index contributed by atoms with van der Waals surface area (Å²) in [7, 11) is 3.10. The van der Waals surface area contributed by atoms with Gasteiger partial charge in [-0.25, -0.2) is 0 Å². The molecular formula is C13H16N4O3S. The molecule has 0 bridgehead atoms. The van der Waals surface area contributed by atoms with Gasteiger partial charge in [0.2, 0.25) is 5.16 Å². The number of hydrogen-bond acceptors (Lipinski definition) is 7. The summed E-state index contributed by atoms with van der Waals surface area (Å²) in [5.41, 5.74) is 0.654. The molecule has 0 fully saturated rings. The third kappa shape index (κ3) is 2.94. The van der Waals surface area contributed by atoms with Crippen LogP contribution in [0, 0.1) is 0 Å². The van der Waals surface area contributed by atoms with Crippen molar-refractivity contribution in [2.45, 2.75) is 11.6 Å². The Balaban J connectivity index is 2.44. The summed E-state index contributed by atoms with van der Waals surface area (Å²) in [6, 6.07) is 5.44. The van der Waals surface area contributed by atoms with Gasteiger partial charge in [-0.15, -0.1) is 10.2 Å². The molecule has 0 aliphatic carbocycles. The van der Waals surface area contributed by atoms with Gasteiger partial charge in [0, 0.05) is 12.0 Å². The van der Waals surface area contributed by atoms with Gasteiger partial charge in [0.1, 0.15) is 5.69 Å². The summed E-state index contributed by atoms with van der Waals surface area (Å²) in [5.74, 6) is 6.86. The highest BCUT2D eigenvalue weighted by molar-refractivity contribution is 7.98. The van der Waals surface area contributed by atoms with Crippen LogP contribution in [0.5, 0.6) is 11.5 Å². The number of benzene rings is 1. The first kappa shape index (κ1) is 15.2. The minimum absolute atomic E-state index is 0.252. The fraction of sp³-hybridized carbons (Fsp3) is 0.308. The van der Waals surface area contributed by atoms with E-state index in [1.165, 1.54) is 11.8 Å². The van der Waals surface area contributed by atoms with E-state index in [1.54, 1.807) is 26.5 Å². The molecule has 8 heteroatoms. The summed E-state index contributed by atoms with van der Waals surface area (Å²) in [4.78, 5) is 12.2. The maximum absolute atomic E-state index is 12.2. The summed E-state index contributed by atoms with van der Waals surface area (Å²) >= 11 is 1.26. The number of thioether (sulfide) groups is 1. The number of ether oxygens (including phenoxy) is 2. The van der Waals surface area contributed by atoms with Gasteiger partial charge in [-0.05, 0) is 12.3 Å². The molecule has 0 spiro atoms. The number of rotatable bonds is 5. The normalized spacial score (nSPS) is 10.4. The number of nitrogens with two attached hydrogens (primary N) is 1. The molecule has 7 nitrogen and oxygen atoms in total. The number of nitrogens with zero attached hydrogens (tertiary/aromatic N) is 3. The van der Waals surface area contributed by atoms with E-state index in [0.29, 0.717) is 16.7 Å². The van der Waals surface area contributed by atoms with E-state index < -0.39 is 0 Å². The Hall–Kier alpha value is -2.22. The second-order valence-corrected chi connectivity index (χ2v) is 4.91. The van der Waals surface area contributed by atoms with Crippen molar-refractivity contribution in [2.75, 3.05) is 26.3 Å². The highest BCUT2D eigenvalue weighted by atomic mass is 32.2. The molecule has 0 radical (unpaired) electrons. The molecule has 2 aromatic rings. The molecule has 112 valence electrons. The van der Waals surface area contributed by atoms with Crippen LogP contribution in [0.4, 0.5) is 0 Å². The molecule has 2 N–H and O–H groups in total. The molecule has 0 aliphatic heterocycles. The van der Waals surface area contributed by atoms with Crippen LogP contribution in [0.2, 0.25) is 0 Å². The van der Waals surface area contributed by atoms with E-state index in [4.69, 9.17) is 15.3 Å². The third-order valence-corrected chi connectivity index (χ3v) is 3.60. The molecule has 0 amide bonds. The van der Waals surface area contributed by atoms with Crippen LogP contribution in [0.25, 0.3) is 0 Å². The number of hydrogen-bond donors (Lipinski definition) is 1. The molecule has 0 unspecified atom stereocenters. The van der Waals surface area contributed by atoms with Gasteiger partial charge in [-0.1, -0.05) is 23.9 Å². The number of methoxy groups -OCH3 is 2. The Kier molecular flexibility index (Phi) is 4.69. The fourth-order valence-corrected chi connectivity index (χ4v) is 2.35. The van der Waals surface area contributed by atoms with Gasteiger partial charge in [0.25, 0.3) is 5.56 Å². The maximum atomic E-state index is 12.2. The van der Waals surface area contributed by atoms with E-state index in [-0.39, 0.29) is 17.7 Å². The van der Waals surface area contributed by atoms with Crippen molar-refractivity contribution in [3.63, 3.8) is 0 Å². The van der Waals surface area contributed by atoms with E-state index in [0.717, 1.165) is 10.2 Å².